The molecule has 222 valence electrons. The van der Waals surface area contributed by atoms with E-state index in [-0.39, 0.29) is 35.3 Å². The predicted octanol–water partition coefficient (Wildman–Crippen LogP) is 6.82. The average molecular weight is 580 g/mol. The Morgan fingerprint density at radius 3 is 2.53 bits per heavy atom. The summed E-state index contributed by atoms with van der Waals surface area (Å²) in [6, 6.07) is 20.1. The van der Waals surface area contributed by atoms with Crippen molar-refractivity contribution in [3.8, 4) is 17.2 Å². The van der Waals surface area contributed by atoms with Crippen LogP contribution in [0.25, 0.3) is 11.3 Å². The number of anilines is 1. The normalized spacial score (nSPS) is 16.7. The first-order chi connectivity index (χ1) is 20.6. The van der Waals surface area contributed by atoms with Crippen LogP contribution in [0.15, 0.2) is 72.9 Å². The summed E-state index contributed by atoms with van der Waals surface area (Å²) in [7, 11) is 0. The molecule has 0 saturated carbocycles. The lowest BCUT2D eigenvalue weighted by molar-refractivity contribution is 0.171. The molecule has 3 aromatic heterocycles. The number of amides is 2. The van der Waals surface area contributed by atoms with Crippen LogP contribution in [-0.2, 0) is 5.41 Å². The number of hydrogen-bond acceptors (Lipinski definition) is 6. The van der Waals surface area contributed by atoms with E-state index >= 15 is 0 Å². The molecule has 0 spiro atoms. The van der Waals surface area contributed by atoms with Crippen LogP contribution in [0.2, 0.25) is 0 Å². The molecule has 43 heavy (non-hydrogen) atoms. The van der Waals surface area contributed by atoms with Crippen molar-refractivity contribution in [2.75, 3.05) is 5.32 Å². The number of fused-ring (bicyclic) bond motifs is 2. The number of benzene rings is 2. The molecule has 6 rings (SSSR count). The minimum Gasteiger partial charge on any atom is -0.508 e. The smallest absolute Gasteiger partial charge is 0.320 e. The lowest BCUT2D eigenvalue weighted by atomic mass is 9.85. The molecule has 0 unspecified atom stereocenters. The van der Waals surface area contributed by atoms with Crippen molar-refractivity contribution in [2.45, 2.75) is 70.9 Å². The number of urea groups is 1. The Balaban J connectivity index is 1.21. The van der Waals surface area contributed by atoms with E-state index in [9.17, 15) is 9.90 Å². The SMILES string of the molecule is CC(C)c1nnc2ccc(O[C@@H]3CC[C@H](NC(=O)Nc4cc(C(C)(C)C)nn4-c4cccc(O)c4)c4ccccc43)cn12. The molecule has 0 saturated heterocycles. The summed E-state index contributed by atoms with van der Waals surface area (Å²) in [4.78, 5) is 13.4. The number of carbonyl (C=O) groups excluding carboxylic acids is 1. The molecule has 2 atom stereocenters. The van der Waals surface area contributed by atoms with Crippen molar-refractivity contribution < 1.29 is 14.6 Å². The molecule has 5 aromatic rings. The van der Waals surface area contributed by atoms with Crippen LogP contribution in [0.3, 0.4) is 0 Å². The fourth-order valence-corrected chi connectivity index (χ4v) is 5.51. The lowest BCUT2D eigenvalue weighted by Crippen LogP contribution is -2.36. The molecule has 1 aliphatic rings. The van der Waals surface area contributed by atoms with E-state index in [0.29, 0.717) is 17.9 Å². The van der Waals surface area contributed by atoms with Crippen LogP contribution in [0.1, 0.15) is 88.2 Å². The van der Waals surface area contributed by atoms with Gasteiger partial charge in [-0.15, -0.1) is 10.2 Å². The van der Waals surface area contributed by atoms with Gasteiger partial charge in [0.05, 0.1) is 23.6 Å². The maximum absolute atomic E-state index is 13.4. The van der Waals surface area contributed by atoms with Crippen LogP contribution in [0.5, 0.6) is 11.5 Å². The van der Waals surface area contributed by atoms with Gasteiger partial charge in [-0.2, -0.15) is 5.10 Å². The van der Waals surface area contributed by atoms with Gasteiger partial charge in [-0.05, 0) is 48.2 Å². The molecule has 0 bridgehead atoms. The van der Waals surface area contributed by atoms with Gasteiger partial charge in [-0.1, -0.05) is 65.0 Å². The largest absolute Gasteiger partial charge is 0.508 e. The standard InChI is InChI=1S/C33H37N7O3/c1-20(2)31-37-36-29-16-13-23(19-39(29)31)43-27-15-14-26(24-11-6-7-12-25(24)27)34-32(42)35-30-18-28(33(3,4)5)38-40(30)21-9-8-10-22(41)17-21/h6-13,16-20,26-27,41H,14-15H2,1-5H3,(H2,34,35,42)/t26-,27+/m0/s1. The summed E-state index contributed by atoms with van der Waals surface area (Å²) >= 11 is 0. The fraction of sp³-hybridized carbons (Fsp3) is 0.333. The highest BCUT2D eigenvalue weighted by Crippen LogP contribution is 2.39. The van der Waals surface area contributed by atoms with Crippen molar-refractivity contribution >= 4 is 17.5 Å². The molecule has 2 aromatic carbocycles. The Labute approximate surface area is 250 Å². The number of nitrogens with zero attached hydrogens (tertiary/aromatic N) is 5. The van der Waals surface area contributed by atoms with E-state index in [1.165, 1.54) is 0 Å². The number of phenols is 1. The third-order valence-electron chi connectivity index (χ3n) is 7.73. The Hall–Kier alpha value is -4.86. The second-order valence-electron chi connectivity index (χ2n) is 12.4. The first-order valence-electron chi connectivity index (χ1n) is 14.6. The number of carbonyl (C=O) groups is 1. The van der Waals surface area contributed by atoms with Crippen molar-refractivity contribution in [2.24, 2.45) is 0 Å². The monoisotopic (exact) mass is 579 g/mol. The Bertz CT molecular complexity index is 1780. The van der Waals surface area contributed by atoms with Crippen LogP contribution < -0.4 is 15.4 Å². The first-order valence-corrected chi connectivity index (χ1v) is 14.6. The average Bonchev–Trinajstić information content (AvgIpc) is 3.59. The zero-order chi connectivity index (χ0) is 30.3. The molecule has 10 heteroatoms. The highest BCUT2D eigenvalue weighted by molar-refractivity contribution is 5.89. The summed E-state index contributed by atoms with van der Waals surface area (Å²) < 4.78 is 10.1. The van der Waals surface area contributed by atoms with Crippen molar-refractivity contribution in [1.29, 1.82) is 0 Å². The van der Waals surface area contributed by atoms with Gasteiger partial charge in [-0.25, -0.2) is 9.48 Å². The topological polar surface area (TPSA) is 119 Å². The number of pyridine rings is 1. The van der Waals surface area contributed by atoms with E-state index < -0.39 is 0 Å². The van der Waals surface area contributed by atoms with Crippen LogP contribution >= 0.6 is 0 Å². The van der Waals surface area contributed by atoms with Gasteiger partial charge in [0.2, 0.25) is 0 Å². The lowest BCUT2D eigenvalue weighted by Gasteiger charge is -2.32. The number of ether oxygens (including phenoxy) is 1. The second kappa shape index (κ2) is 11.1. The summed E-state index contributed by atoms with van der Waals surface area (Å²) in [5.41, 5.74) is 4.10. The molecule has 0 fully saturated rings. The predicted molar refractivity (Wildman–Crippen MR) is 165 cm³/mol. The summed E-state index contributed by atoms with van der Waals surface area (Å²) in [5, 5.41) is 29.6. The van der Waals surface area contributed by atoms with E-state index in [0.717, 1.165) is 40.5 Å². The van der Waals surface area contributed by atoms with Gasteiger partial charge in [0.1, 0.15) is 29.2 Å². The zero-order valence-corrected chi connectivity index (χ0v) is 25.1. The minimum atomic E-state index is -0.333. The number of rotatable bonds is 6. The van der Waals surface area contributed by atoms with Gasteiger partial charge in [0, 0.05) is 23.5 Å². The van der Waals surface area contributed by atoms with E-state index in [1.807, 2.05) is 53.1 Å². The molecule has 10 nitrogen and oxygen atoms in total. The summed E-state index contributed by atoms with van der Waals surface area (Å²) in [5.74, 6) is 2.51. The quantitative estimate of drug-likeness (QED) is 0.203. The van der Waals surface area contributed by atoms with Crippen LogP contribution in [0.4, 0.5) is 10.6 Å². The van der Waals surface area contributed by atoms with Crippen molar-refractivity contribution in [1.82, 2.24) is 29.7 Å². The molecule has 1 aliphatic carbocycles. The first kappa shape index (κ1) is 28.3. The van der Waals surface area contributed by atoms with Crippen LogP contribution in [-0.4, -0.2) is 35.5 Å². The number of phenolic OH excluding ortho intramolecular Hbond substituents is 1. The van der Waals surface area contributed by atoms with Gasteiger partial charge >= 0.3 is 6.03 Å². The number of hydrogen-bond donors (Lipinski definition) is 3. The van der Waals surface area contributed by atoms with Gasteiger partial charge in [0.25, 0.3) is 0 Å². The Morgan fingerprint density at radius 1 is 1.00 bits per heavy atom. The van der Waals surface area contributed by atoms with Crippen molar-refractivity contribution in [3.63, 3.8) is 0 Å². The minimum absolute atomic E-state index is 0.123. The molecule has 2 amide bonds. The molecule has 0 radical (unpaired) electrons. The summed E-state index contributed by atoms with van der Waals surface area (Å²) in [6.45, 7) is 10.4. The number of nitrogens with one attached hydrogen (secondary N) is 2. The molecule has 3 N–H and O–H groups in total. The van der Waals surface area contributed by atoms with Gasteiger partial charge < -0.3 is 15.2 Å². The molecular weight excluding hydrogens is 542 g/mol. The summed E-state index contributed by atoms with van der Waals surface area (Å²) in [6.07, 6.45) is 3.23. The fourth-order valence-electron chi connectivity index (χ4n) is 5.51. The van der Waals surface area contributed by atoms with Crippen LogP contribution in [0, 0.1) is 0 Å². The van der Waals surface area contributed by atoms with Crippen molar-refractivity contribution in [3.05, 3.63) is 95.6 Å². The maximum Gasteiger partial charge on any atom is 0.320 e. The Morgan fingerprint density at radius 2 is 1.79 bits per heavy atom. The van der Waals surface area contributed by atoms with E-state index in [2.05, 4.69) is 61.5 Å². The third-order valence-corrected chi connectivity index (χ3v) is 7.73. The molecule has 0 aliphatic heterocycles. The van der Waals surface area contributed by atoms with Gasteiger partial charge in [-0.3, -0.25) is 9.72 Å². The molecular formula is C33H37N7O3. The third kappa shape index (κ3) is 5.77. The highest BCUT2D eigenvalue weighted by Gasteiger charge is 2.30. The number of aromatic hydroxyl groups is 1. The number of aromatic nitrogens is 5. The maximum atomic E-state index is 13.4. The highest BCUT2D eigenvalue weighted by atomic mass is 16.5. The second-order valence-corrected chi connectivity index (χ2v) is 12.4. The van der Waals surface area contributed by atoms with E-state index in [4.69, 9.17) is 9.84 Å². The van der Waals surface area contributed by atoms with E-state index in [1.54, 1.807) is 22.9 Å². The Kier molecular flexibility index (Phi) is 7.29. The zero-order valence-electron chi connectivity index (χ0n) is 25.1. The molecule has 3 heterocycles. The van der Waals surface area contributed by atoms with Gasteiger partial charge in [0.15, 0.2) is 5.65 Å².